The summed E-state index contributed by atoms with van der Waals surface area (Å²) in [4.78, 5) is 45.5. The number of aromatic amines is 1. The normalized spacial score (nSPS) is 23.8. The number of carbonyl (C=O) groups excluding carboxylic acids is 2. The molecule has 8 nitrogen and oxygen atoms in total. The SMILES string of the molecule is CN(C(=O)C1[C@H](c2ccccc2)CCN1C(=O)C1CCC(CN)CC1)c1ccc2[nH]c(C(=O)O)cc2c1. The molecule has 2 atom stereocenters. The lowest BCUT2D eigenvalue weighted by atomic mass is 9.81. The lowest BCUT2D eigenvalue weighted by Crippen LogP contribution is -2.50. The molecule has 0 bridgehead atoms. The van der Waals surface area contributed by atoms with Crippen molar-refractivity contribution < 1.29 is 19.5 Å². The van der Waals surface area contributed by atoms with Crippen molar-refractivity contribution >= 4 is 34.4 Å². The van der Waals surface area contributed by atoms with Crippen molar-refractivity contribution in [2.45, 2.75) is 44.1 Å². The molecule has 1 aliphatic carbocycles. The third kappa shape index (κ3) is 4.85. The summed E-state index contributed by atoms with van der Waals surface area (Å²) in [6, 6.07) is 16.3. The van der Waals surface area contributed by atoms with Crippen LogP contribution in [0.1, 0.15) is 54.1 Å². The van der Waals surface area contributed by atoms with E-state index in [0.717, 1.165) is 37.7 Å². The van der Waals surface area contributed by atoms with Crippen molar-refractivity contribution in [1.29, 1.82) is 0 Å². The minimum absolute atomic E-state index is 0.0661. The molecule has 8 heteroatoms. The Morgan fingerprint density at radius 1 is 1.03 bits per heavy atom. The van der Waals surface area contributed by atoms with Crippen LogP contribution in [0.2, 0.25) is 0 Å². The van der Waals surface area contributed by atoms with Crippen molar-refractivity contribution in [3.8, 4) is 0 Å². The molecule has 2 amide bonds. The summed E-state index contributed by atoms with van der Waals surface area (Å²) in [6.45, 7) is 1.21. The number of amides is 2. The van der Waals surface area contributed by atoms with Gasteiger partial charge in [0.2, 0.25) is 11.8 Å². The molecule has 37 heavy (non-hydrogen) atoms. The largest absolute Gasteiger partial charge is 0.477 e. The molecule has 1 saturated carbocycles. The molecule has 3 aromatic rings. The number of rotatable bonds is 6. The predicted molar refractivity (Wildman–Crippen MR) is 142 cm³/mol. The Kier molecular flexibility index (Phi) is 7.02. The van der Waals surface area contributed by atoms with E-state index in [0.29, 0.717) is 35.6 Å². The predicted octanol–water partition coefficient (Wildman–Crippen LogP) is 3.98. The number of carboxylic acids is 1. The van der Waals surface area contributed by atoms with Crippen LogP contribution < -0.4 is 10.6 Å². The Morgan fingerprint density at radius 2 is 1.76 bits per heavy atom. The molecule has 194 valence electrons. The second-order valence-corrected chi connectivity index (χ2v) is 10.4. The number of nitrogens with one attached hydrogen (secondary N) is 1. The third-order valence-corrected chi connectivity index (χ3v) is 8.24. The molecule has 2 heterocycles. The quantitative estimate of drug-likeness (QED) is 0.471. The van der Waals surface area contributed by atoms with Crippen LogP contribution in [0.25, 0.3) is 10.9 Å². The molecule has 1 aromatic heterocycles. The number of aromatic nitrogens is 1. The van der Waals surface area contributed by atoms with E-state index in [2.05, 4.69) is 4.98 Å². The van der Waals surface area contributed by atoms with Gasteiger partial charge in [0.1, 0.15) is 11.7 Å². The average molecular weight is 503 g/mol. The number of aromatic carboxylic acids is 1. The highest BCUT2D eigenvalue weighted by Crippen LogP contribution is 2.38. The Balaban J connectivity index is 1.43. The molecule has 1 aliphatic heterocycles. The van der Waals surface area contributed by atoms with Crippen LogP contribution in [-0.2, 0) is 9.59 Å². The fourth-order valence-corrected chi connectivity index (χ4v) is 6.04. The Hall–Kier alpha value is -3.65. The highest BCUT2D eigenvalue weighted by molar-refractivity contribution is 6.02. The van der Waals surface area contributed by atoms with E-state index in [1.807, 2.05) is 41.3 Å². The summed E-state index contributed by atoms with van der Waals surface area (Å²) >= 11 is 0. The number of carboxylic acid groups (broad SMARTS) is 1. The zero-order chi connectivity index (χ0) is 26.1. The maximum atomic E-state index is 14.1. The van der Waals surface area contributed by atoms with E-state index in [4.69, 9.17) is 5.73 Å². The number of benzene rings is 2. The van der Waals surface area contributed by atoms with Gasteiger partial charge < -0.3 is 25.6 Å². The first-order chi connectivity index (χ1) is 17.9. The van der Waals surface area contributed by atoms with Gasteiger partial charge in [0, 0.05) is 42.0 Å². The zero-order valence-corrected chi connectivity index (χ0v) is 21.1. The number of H-pyrrole nitrogens is 1. The number of hydrogen-bond acceptors (Lipinski definition) is 4. The van der Waals surface area contributed by atoms with E-state index in [-0.39, 0.29) is 29.3 Å². The van der Waals surface area contributed by atoms with Crippen LogP contribution >= 0.6 is 0 Å². The van der Waals surface area contributed by atoms with Crippen molar-refractivity contribution in [3.63, 3.8) is 0 Å². The highest BCUT2D eigenvalue weighted by atomic mass is 16.4. The molecular weight excluding hydrogens is 468 g/mol. The molecule has 0 spiro atoms. The van der Waals surface area contributed by atoms with E-state index in [1.165, 1.54) is 0 Å². The number of likely N-dealkylation sites (N-methyl/N-ethyl adjacent to an activating group) is 1. The fourth-order valence-electron chi connectivity index (χ4n) is 6.04. The second kappa shape index (κ2) is 10.4. The molecule has 2 aliphatic rings. The number of nitrogens with zero attached hydrogens (tertiary/aromatic N) is 2. The molecule has 0 radical (unpaired) electrons. The molecule has 5 rings (SSSR count). The van der Waals surface area contributed by atoms with Gasteiger partial charge in [-0.3, -0.25) is 9.59 Å². The lowest BCUT2D eigenvalue weighted by Gasteiger charge is -2.35. The minimum atomic E-state index is -1.03. The maximum Gasteiger partial charge on any atom is 0.352 e. The van der Waals surface area contributed by atoms with Gasteiger partial charge in [0.15, 0.2) is 0 Å². The number of carbonyl (C=O) groups is 3. The van der Waals surface area contributed by atoms with E-state index >= 15 is 0 Å². The monoisotopic (exact) mass is 502 g/mol. The second-order valence-electron chi connectivity index (χ2n) is 10.4. The summed E-state index contributed by atoms with van der Waals surface area (Å²) in [6.07, 6.45) is 4.28. The summed E-state index contributed by atoms with van der Waals surface area (Å²) in [5.74, 6) is -0.767. The van der Waals surface area contributed by atoms with Crippen LogP contribution in [0.4, 0.5) is 5.69 Å². The minimum Gasteiger partial charge on any atom is -0.477 e. The summed E-state index contributed by atoms with van der Waals surface area (Å²) in [5.41, 5.74) is 8.36. The average Bonchev–Trinajstić information content (AvgIpc) is 3.57. The number of hydrogen-bond donors (Lipinski definition) is 3. The lowest BCUT2D eigenvalue weighted by molar-refractivity contribution is -0.142. The van der Waals surface area contributed by atoms with Crippen LogP contribution in [0.5, 0.6) is 0 Å². The van der Waals surface area contributed by atoms with Gasteiger partial charge in [-0.15, -0.1) is 0 Å². The summed E-state index contributed by atoms with van der Waals surface area (Å²) in [5, 5.41) is 10.0. The van der Waals surface area contributed by atoms with Crippen molar-refractivity contribution in [2.75, 3.05) is 25.0 Å². The Labute approximate surface area is 216 Å². The first kappa shape index (κ1) is 25.0. The van der Waals surface area contributed by atoms with Gasteiger partial charge in [-0.1, -0.05) is 30.3 Å². The first-order valence-electron chi connectivity index (χ1n) is 13.1. The van der Waals surface area contributed by atoms with Gasteiger partial charge in [0.25, 0.3) is 0 Å². The molecule has 4 N–H and O–H groups in total. The van der Waals surface area contributed by atoms with Crippen LogP contribution in [-0.4, -0.2) is 59.0 Å². The van der Waals surface area contributed by atoms with Gasteiger partial charge in [-0.25, -0.2) is 4.79 Å². The molecule has 1 saturated heterocycles. The molecule has 2 aromatic carbocycles. The first-order valence-corrected chi connectivity index (χ1v) is 13.1. The molecule has 2 fully saturated rings. The Morgan fingerprint density at radius 3 is 2.43 bits per heavy atom. The topological polar surface area (TPSA) is 120 Å². The van der Waals surface area contributed by atoms with Crippen LogP contribution in [0.3, 0.4) is 0 Å². The van der Waals surface area contributed by atoms with Crippen molar-refractivity contribution in [1.82, 2.24) is 9.88 Å². The third-order valence-electron chi connectivity index (χ3n) is 8.24. The van der Waals surface area contributed by atoms with Crippen LogP contribution in [0, 0.1) is 11.8 Å². The van der Waals surface area contributed by atoms with E-state index < -0.39 is 12.0 Å². The highest BCUT2D eigenvalue weighted by Gasteiger charge is 2.45. The zero-order valence-electron chi connectivity index (χ0n) is 21.1. The maximum absolute atomic E-state index is 14.1. The van der Waals surface area contributed by atoms with Gasteiger partial charge in [-0.05, 0) is 74.4 Å². The number of fused-ring (bicyclic) bond motifs is 1. The van der Waals surface area contributed by atoms with E-state index in [9.17, 15) is 19.5 Å². The van der Waals surface area contributed by atoms with Crippen molar-refractivity contribution in [2.24, 2.45) is 17.6 Å². The smallest absolute Gasteiger partial charge is 0.352 e. The Bertz CT molecular complexity index is 1300. The van der Waals surface area contributed by atoms with Crippen LogP contribution in [0.15, 0.2) is 54.6 Å². The standard InChI is InChI=1S/C29H34N4O4/c1-32(22-11-12-24-21(15-22)16-25(31-24)29(36)37)28(35)26-23(19-5-3-2-4-6-19)13-14-33(26)27(34)20-9-7-18(17-30)8-10-20/h2-6,11-12,15-16,18,20,23,26,31H,7-10,13-14,17,30H2,1H3,(H,36,37)/t18?,20?,23-,26?/m0/s1. The summed E-state index contributed by atoms with van der Waals surface area (Å²) < 4.78 is 0. The van der Waals surface area contributed by atoms with Gasteiger partial charge in [0.05, 0.1) is 0 Å². The van der Waals surface area contributed by atoms with Gasteiger partial charge >= 0.3 is 5.97 Å². The fraction of sp³-hybridized carbons (Fsp3) is 0.414. The summed E-state index contributed by atoms with van der Waals surface area (Å²) in [7, 11) is 1.73. The van der Waals surface area contributed by atoms with Crippen molar-refractivity contribution in [3.05, 3.63) is 65.9 Å². The van der Waals surface area contributed by atoms with Gasteiger partial charge in [-0.2, -0.15) is 0 Å². The van der Waals surface area contributed by atoms with E-state index in [1.54, 1.807) is 30.1 Å². The number of anilines is 1. The number of likely N-dealkylation sites (tertiary alicyclic amines) is 1. The number of nitrogens with two attached hydrogens (primary N) is 1. The molecular formula is C29H34N4O4. The molecule has 1 unspecified atom stereocenters.